The third kappa shape index (κ3) is 4.38. The van der Waals surface area contributed by atoms with E-state index in [4.69, 9.17) is 5.11 Å². The van der Waals surface area contributed by atoms with Crippen molar-refractivity contribution in [2.75, 3.05) is 35.1 Å². The van der Waals surface area contributed by atoms with Crippen molar-refractivity contribution in [3.8, 4) is 0 Å². The molecule has 1 aromatic rings. The molecule has 0 unspecified atom stereocenters. The Labute approximate surface area is 120 Å². The van der Waals surface area contributed by atoms with E-state index in [0.29, 0.717) is 18.5 Å². The van der Waals surface area contributed by atoms with Crippen LogP contribution in [-0.2, 0) is 10.0 Å². The van der Waals surface area contributed by atoms with Crippen molar-refractivity contribution in [1.82, 2.24) is 0 Å². The third-order valence-electron chi connectivity index (χ3n) is 3.43. The van der Waals surface area contributed by atoms with Gasteiger partial charge in [0, 0.05) is 31.1 Å². The molecule has 0 aromatic heterocycles. The first-order valence-electron chi connectivity index (χ1n) is 7.07. The smallest absolute Gasteiger partial charge is 0.232 e. The molecule has 20 heavy (non-hydrogen) atoms. The maximum atomic E-state index is 11.8. The van der Waals surface area contributed by atoms with E-state index in [9.17, 15) is 8.42 Å². The van der Waals surface area contributed by atoms with Crippen LogP contribution in [0.15, 0.2) is 24.3 Å². The molecule has 1 aliphatic rings. The fourth-order valence-corrected chi connectivity index (χ4v) is 3.53. The molecular formula is C14H22N2O3S. The molecule has 1 aliphatic heterocycles. The molecule has 1 saturated heterocycles. The molecule has 6 heteroatoms. The van der Waals surface area contributed by atoms with Gasteiger partial charge in [-0.25, -0.2) is 8.42 Å². The largest absolute Gasteiger partial charge is 0.396 e. The summed E-state index contributed by atoms with van der Waals surface area (Å²) >= 11 is 0. The number of aliphatic hydroxyl groups is 1. The Morgan fingerprint density at radius 1 is 1.10 bits per heavy atom. The Morgan fingerprint density at radius 3 is 2.35 bits per heavy atom. The maximum Gasteiger partial charge on any atom is 0.232 e. The quantitative estimate of drug-likeness (QED) is 0.753. The second kappa shape index (κ2) is 6.95. The van der Waals surface area contributed by atoms with Gasteiger partial charge in [0.1, 0.15) is 0 Å². The lowest BCUT2D eigenvalue weighted by Crippen LogP contribution is -2.18. The van der Waals surface area contributed by atoms with E-state index in [1.165, 1.54) is 12.8 Å². The van der Waals surface area contributed by atoms with Crippen LogP contribution in [0.25, 0.3) is 0 Å². The Morgan fingerprint density at radius 2 is 1.75 bits per heavy atom. The van der Waals surface area contributed by atoms with Crippen molar-refractivity contribution in [3.05, 3.63) is 24.3 Å². The molecule has 0 aliphatic carbocycles. The van der Waals surface area contributed by atoms with Gasteiger partial charge in [0.2, 0.25) is 10.0 Å². The third-order valence-corrected chi connectivity index (χ3v) is 4.81. The van der Waals surface area contributed by atoms with Crippen molar-refractivity contribution < 1.29 is 13.5 Å². The molecular weight excluding hydrogens is 276 g/mol. The Bertz CT molecular complexity index is 508. The van der Waals surface area contributed by atoms with Gasteiger partial charge < -0.3 is 10.0 Å². The molecule has 0 bridgehead atoms. The summed E-state index contributed by atoms with van der Waals surface area (Å²) in [7, 11) is -3.31. The van der Waals surface area contributed by atoms with Gasteiger partial charge in [-0.3, -0.25) is 4.72 Å². The summed E-state index contributed by atoms with van der Waals surface area (Å²) in [5.74, 6) is 0.0431. The highest BCUT2D eigenvalue weighted by Gasteiger charge is 2.13. The molecule has 0 saturated carbocycles. The van der Waals surface area contributed by atoms with E-state index in [-0.39, 0.29) is 12.4 Å². The normalized spacial score (nSPS) is 15.6. The van der Waals surface area contributed by atoms with Crippen LogP contribution in [0.4, 0.5) is 11.4 Å². The zero-order chi connectivity index (χ0) is 14.4. The Hall–Kier alpha value is -1.27. The first-order valence-corrected chi connectivity index (χ1v) is 8.72. The van der Waals surface area contributed by atoms with E-state index >= 15 is 0 Å². The van der Waals surface area contributed by atoms with E-state index in [1.54, 1.807) is 12.1 Å². The first kappa shape index (κ1) is 15.1. The van der Waals surface area contributed by atoms with Gasteiger partial charge >= 0.3 is 0 Å². The molecule has 112 valence electrons. The number of sulfonamides is 1. The fourth-order valence-electron chi connectivity index (χ4n) is 2.35. The molecule has 0 amide bonds. The lowest BCUT2D eigenvalue weighted by atomic mass is 10.2. The van der Waals surface area contributed by atoms with Gasteiger partial charge in [0.05, 0.1) is 5.75 Å². The second-order valence-corrected chi connectivity index (χ2v) is 6.93. The van der Waals surface area contributed by atoms with E-state index in [0.717, 1.165) is 18.8 Å². The van der Waals surface area contributed by atoms with Gasteiger partial charge in [-0.2, -0.15) is 0 Å². The van der Waals surface area contributed by atoms with Gasteiger partial charge in [-0.15, -0.1) is 0 Å². The molecule has 0 spiro atoms. The molecule has 1 aromatic carbocycles. The number of hydrogen-bond donors (Lipinski definition) is 2. The van der Waals surface area contributed by atoms with Gasteiger partial charge in [0.25, 0.3) is 0 Å². The minimum absolute atomic E-state index is 0.0278. The van der Waals surface area contributed by atoms with Crippen molar-refractivity contribution in [2.24, 2.45) is 0 Å². The highest BCUT2D eigenvalue weighted by Crippen LogP contribution is 2.22. The van der Waals surface area contributed by atoms with Gasteiger partial charge in [-0.05, 0) is 49.9 Å². The average molecular weight is 298 g/mol. The molecule has 1 fully saturated rings. The Balaban J connectivity index is 1.92. The van der Waals surface area contributed by atoms with Crippen LogP contribution >= 0.6 is 0 Å². The van der Waals surface area contributed by atoms with Crippen LogP contribution in [0.2, 0.25) is 0 Å². The van der Waals surface area contributed by atoms with Gasteiger partial charge in [0.15, 0.2) is 0 Å². The number of rotatable bonds is 7. The zero-order valence-corrected chi connectivity index (χ0v) is 12.4. The van der Waals surface area contributed by atoms with Crippen LogP contribution in [0.5, 0.6) is 0 Å². The molecule has 2 rings (SSSR count). The van der Waals surface area contributed by atoms with E-state index in [1.807, 2.05) is 12.1 Å². The summed E-state index contributed by atoms with van der Waals surface area (Å²) in [6.07, 6.45) is 3.42. The molecule has 0 radical (unpaired) electrons. The molecule has 1 heterocycles. The lowest BCUT2D eigenvalue weighted by Gasteiger charge is -2.18. The first-order chi connectivity index (χ1) is 9.61. The Kier molecular flexibility index (Phi) is 5.25. The van der Waals surface area contributed by atoms with Crippen LogP contribution in [0, 0.1) is 0 Å². The zero-order valence-electron chi connectivity index (χ0n) is 11.6. The summed E-state index contributed by atoms with van der Waals surface area (Å²) < 4.78 is 26.2. The van der Waals surface area contributed by atoms with Crippen molar-refractivity contribution >= 4 is 21.4 Å². The summed E-state index contributed by atoms with van der Waals surface area (Å²) in [6.45, 7) is 2.18. The number of anilines is 2. The number of aliphatic hydroxyl groups excluding tert-OH is 1. The number of unbranched alkanes of at least 4 members (excludes halogenated alkanes) is 1. The monoisotopic (exact) mass is 298 g/mol. The summed E-state index contributed by atoms with van der Waals surface area (Å²) in [6, 6.07) is 7.52. The van der Waals surface area contributed by atoms with Crippen LogP contribution in [-0.4, -0.2) is 39.0 Å². The lowest BCUT2D eigenvalue weighted by molar-refractivity contribution is 0.287. The number of benzene rings is 1. The van der Waals surface area contributed by atoms with Crippen LogP contribution in [0.1, 0.15) is 25.7 Å². The highest BCUT2D eigenvalue weighted by molar-refractivity contribution is 7.92. The summed E-state index contributed by atoms with van der Waals surface area (Å²) in [4.78, 5) is 2.31. The number of hydrogen-bond acceptors (Lipinski definition) is 4. The standard InChI is InChI=1S/C14H22N2O3S/c17-11-3-4-12-20(18,19)15-13-5-7-14(8-6-13)16-9-1-2-10-16/h5-8,15,17H,1-4,9-12H2. The topological polar surface area (TPSA) is 69.6 Å². The maximum absolute atomic E-state index is 11.8. The average Bonchev–Trinajstić information content (AvgIpc) is 2.93. The molecule has 2 N–H and O–H groups in total. The molecule has 5 nitrogen and oxygen atoms in total. The SMILES string of the molecule is O=S(=O)(CCCCO)Nc1ccc(N2CCCC2)cc1. The van der Waals surface area contributed by atoms with Crippen molar-refractivity contribution in [3.63, 3.8) is 0 Å². The second-order valence-electron chi connectivity index (χ2n) is 5.09. The predicted octanol–water partition coefficient (Wildman–Crippen LogP) is 1.80. The van der Waals surface area contributed by atoms with Crippen LogP contribution in [0.3, 0.4) is 0 Å². The van der Waals surface area contributed by atoms with Crippen molar-refractivity contribution in [1.29, 1.82) is 0 Å². The highest BCUT2D eigenvalue weighted by atomic mass is 32.2. The van der Waals surface area contributed by atoms with E-state index < -0.39 is 10.0 Å². The van der Waals surface area contributed by atoms with Crippen molar-refractivity contribution in [2.45, 2.75) is 25.7 Å². The minimum atomic E-state index is -3.31. The van der Waals surface area contributed by atoms with E-state index in [2.05, 4.69) is 9.62 Å². The summed E-state index contributed by atoms with van der Waals surface area (Å²) in [5, 5.41) is 8.67. The predicted molar refractivity (Wildman–Crippen MR) is 81.6 cm³/mol. The van der Waals surface area contributed by atoms with Gasteiger partial charge in [-0.1, -0.05) is 0 Å². The molecule has 0 atom stereocenters. The summed E-state index contributed by atoms with van der Waals surface area (Å²) in [5.41, 5.74) is 1.74. The fraction of sp³-hybridized carbons (Fsp3) is 0.571. The number of nitrogens with zero attached hydrogens (tertiary/aromatic N) is 1. The minimum Gasteiger partial charge on any atom is -0.396 e. The van der Waals surface area contributed by atoms with Crippen LogP contribution < -0.4 is 9.62 Å². The number of nitrogens with one attached hydrogen (secondary N) is 1.